The molecule has 1 rings (SSSR count). The summed E-state index contributed by atoms with van der Waals surface area (Å²) < 4.78 is 0. The fourth-order valence-electron chi connectivity index (χ4n) is 2.50. The lowest BCUT2D eigenvalue weighted by Gasteiger charge is -2.23. The van der Waals surface area contributed by atoms with Crippen LogP contribution in [-0.4, -0.2) is 0 Å². The molecular weight excluding hydrogens is 156 g/mol. The van der Waals surface area contributed by atoms with Crippen LogP contribution in [0.15, 0.2) is 11.6 Å². The van der Waals surface area contributed by atoms with Crippen LogP contribution < -0.4 is 0 Å². The van der Waals surface area contributed by atoms with Crippen molar-refractivity contribution in [2.24, 2.45) is 16.7 Å². The van der Waals surface area contributed by atoms with Crippen LogP contribution in [-0.2, 0) is 0 Å². The van der Waals surface area contributed by atoms with Gasteiger partial charge in [0.25, 0.3) is 0 Å². The second-order valence-corrected chi connectivity index (χ2v) is 6.43. The maximum Gasteiger partial charge on any atom is -0.0142 e. The first-order chi connectivity index (χ1) is 5.71. The van der Waals surface area contributed by atoms with Crippen molar-refractivity contribution < 1.29 is 0 Å². The molecule has 0 aliphatic heterocycles. The lowest BCUT2D eigenvalue weighted by Crippen LogP contribution is -2.11. The number of allylic oxidation sites excluding steroid dienone is 2. The van der Waals surface area contributed by atoms with E-state index in [1.165, 1.54) is 12.8 Å². The molecule has 0 heteroatoms. The molecule has 1 aliphatic carbocycles. The summed E-state index contributed by atoms with van der Waals surface area (Å²) in [7, 11) is 0. The molecule has 1 saturated carbocycles. The Morgan fingerprint density at radius 2 is 1.85 bits per heavy atom. The molecule has 1 atom stereocenters. The van der Waals surface area contributed by atoms with Crippen molar-refractivity contribution >= 4 is 0 Å². The topological polar surface area (TPSA) is 0 Å². The van der Waals surface area contributed by atoms with E-state index in [1.807, 2.05) is 0 Å². The lowest BCUT2D eigenvalue weighted by molar-refractivity contribution is 0.412. The first-order valence-electron chi connectivity index (χ1n) is 5.43. The van der Waals surface area contributed by atoms with Gasteiger partial charge in [0.2, 0.25) is 0 Å². The predicted octanol–water partition coefficient (Wildman–Crippen LogP) is 4.42. The van der Waals surface area contributed by atoms with Gasteiger partial charge in [-0.3, -0.25) is 0 Å². The summed E-state index contributed by atoms with van der Waals surface area (Å²) in [6, 6.07) is 0. The van der Waals surface area contributed by atoms with Crippen molar-refractivity contribution in [1.29, 1.82) is 0 Å². The summed E-state index contributed by atoms with van der Waals surface area (Å²) in [4.78, 5) is 0. The largest absolute Gasteiger partial charge is 0.0794 e. The van der Waals surface area contributed by atoms with Gasteiger partial charge in [-0.05, 0) is 29.6 Å². The normalized spacial score (nSPS) is 31.2. The third-order valence-electron chi connectivity index (χ3n) is 2.90. The van der Waals surface area contributed by atoms with Gasteiger partial charge < -0.3 is 0 Å². The summed E-state index contributed by atoms with van der Waals surface area (Å²) in [6.07, 6.45) is 5.15. The van der Waals surface area contributed by atoms with Crippen LogP contribution in [0.2, 0.25) is 0 Å². The third-order valence-corrected chi connectivity index (χ3v) is 2.90. The smallest absolute Gasteiger partial charge is 0.0142 e. The van der Waals surface area contributed by atoms with Crippen LogP contribution in [0.3, 0.4) is 0 Å². The Hall–Kier alpha value is -0.260. The molecule has 0 aromatic carbocycles. The molecule has 0 radical (unpaired) electrons. The number of hydrogen-bond donors (Lipinski definition) is 0. The maximum absolute atomic E-state index is 2.48. The lowest BCUT2D eigenvalue weighted by atomic mass is 9.82. The predicted molar refractivity (Wildman–Crippen MR) is 59.7 cm³/mol. The van der Waals surface area contributed by atoms with Crippen LogP contribution in [0.1, 0.15) is 54.4 Å². The molecule has 0 aromatic rings. The maximum atomic E-state index is 2.48. The van der Waals surface area contributed by atoms with E-state index in [0.717, 1.165) is 5.92 Å². The van der Waals surface area contributed by atoms with Gasteiger partial charge in [-0.15, -0.1) is 0 Å². The van der Waals surface area contributed by atoms with Gasteiger partial charge >= 0.3 is 0 Å². The molecule has 0 bridgehead atoms. The van der Waals surface area contributed by atoms with E-state index in [4.69, 9.17) is 0 Å². The molecular formula is C13H24. The highest BCUT2D eigenvalue weighted by Crippen LogP contribution is 2.46. The second-order valence-electron chi connectivity index (χ2n) is 6.43. The number of hydrogen-bond acceptors (Lipinski definition) is 0. The van der Waals surface area contributed by atoms with Gasteiger partial charge in [0.15, 0.2) is 0 Å². The van der Waals surface area contributed by atoms with E-state index in [9.17, 15) is 0 Å². The molecule has 76 valence electrons. The first-order valence-corrected chi connectivity index (χ1v) is 5.43. The zero-order chi connectivity index (χ0) is 10.3. The van der Waals surface area contributed by atoms with Crippen LogP contribution in [0.25, 0.3) is 0 Å². The zero-order valence-corrected chi connectivity index (χ0v) is 10.1. The minimum atomic E-state index is 0.344. The zero-order valence-electron chi connectivity index (χ0n) is 10.1. The fraction of sp³-hybridized carbons (Fsp3) is 0.846. The SMILES string of the molecule is CC1C/C(=C\C(C)(C)C)C(C)(C)C1. The van der Waals surface area contributed by atoms with Crippen LogP contribution in [0.4, 0.5) is 0 Å². The van der Waals surface area contributed by atoms with E-state index in [1.54, 1.807) is 5.57 Å². The van der Waals surface area contributed by atoms with Gasteiger partial charge in [0.05, 0.1) is 0 Å². The molecule has 0 nitrogen and oxygen atoms in total. The van der Waals surface area contributed by atoms with Crippen LogP contribution in [0, 0.1) is 16.7 Å². The summed E-state index contributed by atoms with van der Waals surface area (Å²) in [5, 5.41) is 0. The minimum absolute atomic E-state index is 0.344. The van der Waals surface area contributed by atoms with Crippen LogP contribution in [0.5, 0.6) is 0 Å². The first kappa shape index (κ1) is 10.8. The monoisotopic (exact) mass is 180 g/mol. The minimum Gasteiger partial charge on any atom is -0.0794 e. The van der Waals surface area contributed by atoms with Crippen LogP contribution >= 0.6 is 0 Å². The Balaban J connectivity index is 2.87. The molecule has 13 heavy (non-hydrogen) atoms. The Morgan fingerprint density at radius 3 is 2.15 bits per heavy atom. The Labute approximate surface area is 83.4 Å². The van der Waals surface area contributed by atoms with E-state index in [-0.39, 0.29) is 0 Å². The van der Waals surface area contributed by atoms with Crippen molar-refractivity contribution in [3.63, 3.8) is 0 Å². The van der Waals surface area contributed by atoms with Gasteiger partial charge in [0, 0.05) is 0 Å². The number of rotatable bonds is 0. The van der Waals surface area contributed by atoms with Gasteiger partial charge in [-0.25, -0.2) is 0 Å². The van der Waals surface area contributed by atoms with Gasteiger partial charge in [0.1, 0.15) is 0 Å². The highest BCUT2D eigenvalue weighted by Gasteiger charge is 2.33. The van der Waals surface area contributed by atoms with Crippen molar-refractivity contribution in [3.05, 3.63) is 11.6 Å². The average molecular weight is 180 g/mol. The van der Waals surface area contributed by atoms with Gasteiger partial charge in [-0.2, -0.15) is 0 Å². The molecule has 0 amide bonds. The van der Waals surface area contributed by atoms with Crippen molar-refractivity contribution in [1.82, 2.24) is 0 Å². The molecule has 0 heterocycles. The van der Waals surface area contributed by atoms with E-state index < -0.39 is 0 Å². The molecule has 0 saturated heterocycles. The Morgan fingerprint density at radius 1 is 1.31 bits per heavy atom. The molecule has 1 fully saturated rings. The molecule has 1 unspecified atom stereocenters. The van der Waals surface area contributed by atoms with E-state index in [2.05, 4.69) is 47.6 Å². The summed E-state index contributed by atoms with van der Waals surface area (Å²) in [5.74, 6) is 0.878. The Bertz CT molecular complexity index is 213. The molecule has 0 N–H and O–H groups in total. The summed E-state index contributed by atoms with van der Waals surface area (Å²) >= 11 is 0. The molecule has 0 spiro atoms. The average Bonchev–Trinajstić information content (AvgIpc) is 2.00. The fourth-order valence-corrected chi connectivity index (χ4v) is 2.50. The van der Waals surface area contributed by atoms with Crippen molar-refractivity contribution in [2.75, 3.05) is 0 Å². The van der Waals surface area contributed by atoms with E-state index >= 15 is 0 Å². The highest BCUT2D eigenvalue weighted by atomic mass is 14.4. The Kier molecular flexibility index (Phi) is 2.62. The van der Waals surface area contributed by atoms with Crippen molar-refractivity contribution in [2.45, 2.75) is 54.4 Å². The molecule has 1 aliphatic rings. The standard InChI is InChI=1S/C13H24/c1-10-7-11(9-12(2,3)4)13(5,6)8-10/h9-10H,7-8H2,1-6H3/b11-9+. The second kappa shape index (κ2) is 3.15. The highest BCUT2D eigenvalue weighted by molar-refractivity contribution is 5.20. The quantitative estimate of drug-likeness (QED) is 0.484. The third kappa shape index (κ3) is 2.86. The van der Waals surface area contributed by atoms with E-state index in [0.29, 0.717) is 10.8 Å². The van der Waals surface area contributed by atoms with Crippen molar-refractivity contribution in [3.8, 4) is 0 Å². The van der Waals surface area contributed by atoms with Gasteiger partial charge in [-0.1, -0.05) is 53.2 Å². The summed E-state index contributed by atoms with van der Waals surface area (Å²) in [5.41, 5.74) is 2.47. The summed E-state index contributed by atoms with van der Waals surface area (Å²) in [6.45, 7) is 14.0. The molecule has 0 aromatic heterocycles.